The summed E-state index contributed by atoms with van der Waals surface area (Å²) in [5.74, 6) is 0.740. The minimum absolute atomic E-state index is 0.673. The van der Waals surface area contributed by atoms with Gasteiger partial charge in [0.05, 0.1) is 22.1 Å². The fourth-order valence-electron chi connectivity index (χ4n) is 1.51. The number of rotatable bonds is 2. The number of aryl methyl sites for hydroxylation is 2. The number of pyridine rings is 1. The Bertz CT molecular complexity index is 552. The predicted octanol–water partition coefficient (Wildman–Crippen LogP) is 3.68. The Morgan fingerprint density at radius 1 is 1.18 bits per heavy atom. The van der Waals surface area contributed by atoms with Gasteiger partial charge in [0, 0.05) is 0 Å². The number of benzene rings is 1. The second-order valence-corrected chi connectivity index (χ2v) is 4.39. The Kier molecular flexibility index (Phi) is 3.20. The molecule has 0 aliphatic carbocycles. The minimum Gasteiger partial charge on any atom is -0.397 e. The van der Waals surface area contributed by atoms with Gasteiger partial charge < -0.3 is 11.1 Å². The molecule has 0 fully saturated rings. The molecule has 0 aliphatic heterocycles. The maximum atomic E-state index is 6.10. The van der Waals surface area contributed by atoms with Crippen LogP contribution in [-0.2, 0) is 0 Å². The van der Waals surface area contributed by atoms with Crippen LogP contribution < -0.4 is 11.1 Å². The highest BCUT2D eigenvalue weighted by molar-refractivity contribution is 6.33. The van der Waals surface area contributed by atoms with Crippen LogP contribution in [0.3, 0.4) is 0 Å². The highest BCUT2D eigenvalue weighted by atomic mass is 35.5. The third-order valence-corrected chi connectivity index (χ3v) is 2.84. The Morgan fingerprint density at radius 2 is 1.94 bits per heavy atom. The minimum atomic E-state index is 0.673. The molecule has 17 heavy (non-hydrogen) atoms. The van der Waals surface area contributed by atoms with Gasteiger partial charge in [0.1, 0.15) is 5.82 Å². The Morgan fingerprint density at radius 3 is 2.65 bits per heavy atom. The number of halogens is 1. The van der Waals surface area contributed by atoms with Gasteiger partial charge in [-0.2, -0.15) is 0 Å². The zero-order valence-corrected chi connectivity index (χ0v) is 10.5. The average Bonchev–Trinajstić information content (AvgIpc) is 2.29. The summed E-state index contributed by atoms with van der Waals surface area (Å²) < 4.78 is 0. The van der Waals surface area contributed by atoms with Crippen molar-refractivity contribution in [1.29, 1.82) is 0 Å². The zero-order chi connectivity index (χ0) is 12.4. The summed E-state index contributed by atoms with van der Waals surface area (Å²) in [4.78, 5) is 4.34. The fraction of sp³-hybridized carbons (Fsp3) is 0.154. The lowest BCUT2D eigenvalue weighted by atomic mass is 10.2. The van der Waals surface area contributed by atoms with E-state index in [0.717, 1.165) is 22.8 Å². The van der Waals surface area contributed by atoms with Gasteiger partial charge in [0.2, 0.25) is 0 Å². The second kappa shape index (κ2) is 4.63. The first-order valence-electron chi connectivity index (χ1n) is 5.32. The van der Waals surface area contributed by atoms with Crippen molar-refractivity contribution in [3.63, 3.8) is 0 Å². The van der Waals surface area contributed by atoms with Crippen molar-refractivity contribution < 1.29 is 0 Å². The van der Waals surface area contributed by atoms with Gasteiger partial charge in [-0.1, -0.05) is 17.7 Å². The van der Waals surface area contributed by atoms with Crippen LogP contribution in [0.25, 0.3) is 0 Å². The fourth-order valence-corrected chi connectivity index (χ4v) is 1.68. The lowest BCUT2D eigenvalue weighted by molar-refractivity contribution is 1.20. The Balaban J connectivity index is 2.31. The van der Waals surface area contributed by atoms with Gasteiger partial charge in [0.25, 0.3) is 0 Å². The SMILES string of the molecule is Cc1ccc(Cl)c(Nc2ccc(N)c(C)n2)c1. The van der Waals surface area contributed by atoms with Gasteiger partial charge in [-0.25, -0.2) is 4.98 Å². The van der Waals surface area contributed by atoms with Gasteiger partial charge in [-0.3, -0.25) is 0 Å². The number of nitrogens with zero attached hydrogens (tertiary/aromatic N) is 1. The summed E-state index contributed by atoms with van der Waals surface area (Å²) in [6.45, 7) is 3.89. The molecule has 1 heterocycles. The van der Waals surface area contributed by atoms with Crippen LogP contribution in [0.1, 0.15) is 11.3 Å². The number of nitrogen functional groups attached to an aromatic ring is 1. The molecule has 2 aromatic rings. The van der Waals surface area contributed by atoms with Crippen molar-refractivity contribution in [3.8, 4) is 0 Å². The van der Waals surface area contributed by atoms with Crippen LogP contribution in [0, 0.1) is 13.8 Å². The quantitative estimate of drug-likeness (QED) is 0.851. The molecule has 0 saturated heterocycles. The van der Waals surface area contributed by atoms with Crippen LogP contribution in [-0.4, -0.2) is 4.98 Å². The summed E-state index contributed by atoms with van der Waals surface area (Å²) in [5, 5.41) is 3.86. The van der Waals surface area contributed by atoms with E-state index < -0.39 is 0 Å². The average molecular weight is 248 g/mol. The summed E-state index contributed by atoms with van der Waals surface area (Å²) in [6, 6.07) is 9.48. The van der Waals surface area contributed by atoms with Crippen molar-refractivity contribution >= 4 is 28.8 Å². The molecule has 1 aromatic heterocycles. The number of hydrogen-bond donors (Lipinski definition) is 2. The lowest BCUT2D eigenvalue weighted by Crippen LogP contribution is -1.98. The molecule has 1 aromatic carbocycles. The molecule has 3 nitrogen and oxygen atoms in total. The van der Waals surface area contributed by atoms with Crippen LogP contribution >= 0.6 is 11.6 Å². The Hall–Kier alpha value is -1.74. The number of hydrogen-bond acceptors (Lipinski definition) is 3. The van der Waals surface area contributed by atoms with E-state index >= 15 is 0 Å². The second-order valence-electron chi connectivity index (χ2n) is 3.98. The zero-order valence-electron chi connectivity index (χ0n) is 9.79. The van der Waals surface area contributed by atoms with E-state index in [4.69, 9.17) is 17.3 Å². The smallest absolute Gasteiger partial charge is 0.130 e. The van der Waals surface area contributed by atoms with Crippen LogP contribution in [0.15, 0.2) is 30.3 Å². The topological polar surface area (TPSA) is 50.9 Å². The van der Waals surface area contributed by atoms with E-state index in [9.17, 15) is 0 Å². The third-order valence-electron chi connectivity index (χ3n) is 2.51. The van der Waals surface area contributed by atoms with E-state index in [1.165, 1.54) is 0 Å². The van der Waals surface area contributed by atoms with E-state index in [2.05, 4.69) is 10.3 Å². The first kappa shape index (κ1) is 11.7. The largest absolute Gasteiger partial charge is 0.397 e. The molecule has 0 amide bonds. The van der Waals surface area contributed by atoms with E-state index in [1.807, 2.05) is 44.2 Å². The third kappa shape index (κ3) is 2.68. The summed E-state index contributed by atoms with van der Waals surface area (Å²) in [7, 11) is 0. The van der Waals surface area contributed by atoms with E-state index in [0.29, 0.717) is 10.7 Å². The predicted molar refractivity (Wildman–Crippen MR) is 72.9 cm³/mol. The van der Waals surface area contributed by atoms with Crippen LogP contribution in [0.4, 0.5) is 17.2 Å². The monoisotopic (exact) mass is 247 g/mol. The number of nitrogens with two attached hydrogens (primary N) is 1. The molecule has 4 heteroatoms. The molecular formula is C13H14ClN3. The van der Waals surface area contributed by atoms with Crippen molar-refractivity contribution in [2.45, 2.75) is 13.8 Å². The molecule has 2 rings (SSSR count). The highest BCUT2D eigenvalue weighted by Crippen LogP contribution is 2.26. The lowest BCUT2D eigenvalue weighted by Gasteiger charge is -2.09. The number of anilines is 3. The van der Waals surface area contributed by atoms with Crippen molar-refractivity contribution in [1.82, 2.24) is 4.98 Å². The molecular weight excluding hydrogens is 234 g/mol. The normalized spacial score (nSPS) is 10.3. The maximum absolute atomic E-state index is 6.10. The van der Waals surface area contributed by atoms with Gasteiger partial charge >= 0.3 is 0 Å². The van der Waals surface area contributed by atoms with Gasteiger partial charge in [-0.15, -0.1) is 0 Å². The standard InChI is InChI=1S/C13H14ClN3/c1-8-3-4-10(14)12(7-8)17-13-6-5-11(15)9(2)16-13/h3-7H,15H2,1-2H3,(H,16,17). The van der Waals surface area contributed by atoms with Crippen LogP contribution in [0.5, 0.6) is 0 Å². The first-order chi connectivity index (χ1) is 8.06. The van der Waals surface area contributed by atoms with Crippen molar-refractivity contribution in [2.75, 3.05) is 11.1 Å². The van der Waals surface area contributed by atoms with E-state index in [1.54, 1.807) is 0 Å². The molecule has 0 spiro atoms. The molecule has 88 valence electrons. The van der Waals surface area contributed by atoms with Gasteiger partial charge in [-0.05, 0) is 43.7 Å². The number of nitrogens with one attached hydrogen (secondary N) is 1. The van der Waals surface area contributed by atoms with Crippen molar-refractivity contribution in [2.24, 2.45) is 0 Å². The summed E-state index contributed by atoms with van der Waals surface area (Å²) in [6.07, 6.45) is 0. The van der Waals surface area contributed by atoms with Crippen LogP contribution in [0.2, 0.25) is 5.02 Å². The first-order valence-corrected chi connectivity index (χ1v) is 5.70. The molecule has 3 N–H and O–H groups in total. The highest BCUT2D eigenvalue weighted by Gasteiger charge is 2.03. The van der Waals surface area contributed by atoms with Gasteiger partial charge in [0.15, 0.2) is 0 Å². The van der Waals surface area contributed by atoms with Crippen molar-refractivity contribution in [3.05, 3.63) is 46.6 Å². The maximum Gasteiger partial charge on any atom is 0.130 e. The summed E-state index contributed by atoms with van der Waals surface area (Å²) >= 11 is 6.10. The summed E-state index contributed by atoms with van der Waals surface area (Å²) in [5.41, 5.74) is 9.20. The molecule has 0 saturated carbocycles. The van der Waals surface area contributed by atoms with E-state index in [-0.39, 0.29) is 0 Å². The molecule has 0 unspecified atom stereocenters. The molecule has 0 atom stereocenters. The Labute approximate surface area is 106 Å². The molecule has 0 bridgehead atoms. The molecule has 0 radical (unpaired) electrons. The molecule has 0 aliphatic rings. The number of aromatic nitrogens is 1.